The van der Waals surface area contributed by atoms with E-state index < -0.39 is 40.4 Å². The summed E-state index contributed by atoms with van der Waals surface area (Å²) in [7, 11) is 0. The molecule has 0 saturated carbocycles. The Hall–Kier alpha value is -3.89. The van der Waals surface area contributed by atoms with E-state index in [0.29, 0.717) is 11.1 Å². The fourth-order valence-electron chi connectivity index (χ4n) is 6.31. The van der Waals surface area contributed by atoms with Crippen molar-refractivity contribution in [2.75, 3.05) is 4.90 Å². The Balaban J connectivity index is 1.48. The standard InChI is InChI=1S/C28H18BrClN2O7/c29-20-11-22(34)25-19(26(20)35)10-18-15(23(25)16-5-4-14(33)9-21(16)30)6-7-17-24(18)28(37)31(27(17)36)12-2-1-3-13(8-12)32(38)39/h1-6,8-9,11,17-18,23-24,33H,7,10H2/t17-,18+,23+,24-/m0/s1. The van der Waals surface area contributed by atoms with E-state index in [4.69, 9.17) is 11.6 Å². The highest BCUT2D eigenvalue weighted by atomic mass is 79.9. The second-order valence-corrected chi connectivity index (χ2v) is 11.1. The predicted octanol–water partition coefficient (Wildman–Crippen LogP) is 4.92. The zero-order valence-electron chi connectivity index (χ0n) is 20.0. The van der Waals surface area contributed by atoms with Gasteiger partial charge in [0.2, 0.25) is 11.8 Å². The summed E-state index contributed by atoms with van der Waals surface area (Å²) in [6.45, 7) is 0. The Morgan fingerprint density at radius 2 is 1.82 bits per heavy atom. The molecule has 6 rings (SSSR count). The number of amides is 2. The first kappa shape index (κ1) is 25.4. The van der Waals surface area contributed by atoms with Crippen LogP contribution in [-0.2, 0) is 19.2 Å². The average molecular weight is 610 g/mol. The van der Waals surface area contributed by atoms with Crippen molar-refractivity contribution in [3.63, 3.8) is 0 Å². The lowest BCUT2D eigenvalue weighted by Gasteiger charge is -2.42. The molecule has 0 radical (unpaired) electrons. The van der Waals surface area contributed by atoms with Crippen molar-refractivity contribution in [1.29, 1.82) is 0 Å². The molecule has 3 aliphatic carbocycles. The molecule has 2 aromatic rings. The highest BCUT2D eigenvalue weighted by molar-refractivity contribution is 9.12. The maximum atomic E-state index is 13.9. The van der Waals surface area contributed by atoms with Crippen molar-refractivity contribution in [3.05, 3.63) is 96.5 Å². The molecule has 1 saturated heterocycles. The lowest BCUT2D eigenvalue weighted by Crippen LogP contribution is -2.39. The molecule has 11 heteroatoms. The molecule has 1 aliphatic heterocycles. The third-order valence-corrected chi connectivity index (χ3v) is 8.84. The number of halogens is 2. The van der Waals surface area contributed by atoms with Crippen LogP contribution < -0.4 is 4.90 Å². The van der Waals surface area contributed by atoms with Crippen molar-refractivity contribution in [2.24, 2.45) is 17.8 Å². The monoisotopic (exact) mass is 608 g/mol. The van der Waals surface area contributed by atoms with Gasteiger partial charge in [-0.1, -0.05) is 35.4 Å². The molecule has 2 aromatic carbocycles. The van der Waals surface area contributed by atoms with Gasteiger partial charge in [-0.05, 0) is 58.5 Å². The summed E-state index contributed by atoms with van der Waals surface area (Å²) < 4.78 is 0.105. The van der Waals surface area contributed by atoms with Gasteiger partial charge >= 0.3 is 0 Å². The number of imide groups is 1. The predicted molar refractivity (Wildman–Crippen MR) is 143 cm³/mol. The molecular weight excluding hydrogens is 592 g/mol. The van der Waals surface area contributed by atoms with Crippen molar-refractivity contribution >= 4 is 62.3 Å². The number of nitrogens with zero attached hydrogens (tertiary/aromatic N) is 2. The number of non-ortho nitro benzene ring substituents is 1. The number of nitro groups is 1. The van der Waals surface area contributed by atoms with Gasteiger partial charge in [0.1, 0.15) is 5.75 Å². The van der Waals surface area contributed by atoms with Gasteiger partial charge in [0.05, 0.1) is 26.9 Å². The zero-order valence-corrected chi connectivity index (χ0v) is 22.3. The first-order valence-electron chi connectivity index (χ1n) is 12.1. The summed E-state index contributed by atoms with van der Waals surface area (Å²) >= 11 is 9.71. The van der Waals surface area contributed by atoms with E-state index in [1.54, 1.807) is 6.07 Å². The fourth-order valence-corrected chi connectivity index (χ4v) is 7.04. The number of benzene rings is 2. The van der Waals surface area contributed by atoms with Crippen LogP contribution in [0.25, 0.3) is 0 Å². The molecule has 0 unspecified atom stereocenters. The molecule has 196 valence electrons. The molecule has 0 aromatic heterocycles. The van der Waals surface area contributed by atoms with Crippen molar-refractivity contribution < 1.29 is 29.2 Å². The maximum Gasteiger partial charge on any atom is 0.271 e. The molecule has 1 N–H and O–H groups in total. The van der Waals surface area contributed by atoms with E-state index in [1.807, 2.05) is 6.08 Å². The number of aromatic hydroxyl groups is 1. The van der Waals surface area contributed by atoms with Gasteiger partial charge < -0.3 is 5.11 Å². The minimum absolute atomic E-state index is 0.0687. The Morgan fingerprint density at radius 1 is 1.05 bits per heavy atom. The van der Waals surface area contributed by atoms with Crippen LogP contribution in [-0.4, -0.2) is 33.4 Å². The minimum atomic E-state index is -0.836. The summed E-state index contributed by atoms with van der Waals surface area (Å²) in [6, 6.07) is 9.72. The quantitative estimate of drug-likeness (QED) is 0.172. The lowest BCUT2D eigenvalue weighted by atomic mass is 9.59. The van der Waals surface area contributed by atoms with E-state index >= 15 is 0 Å². The van der Waals surface area contributed by atoms with Gasteiger partial charge in [-0.2, -0.15) is 0 Å². The molecule has 4 aliphatic rings. The third-order valence-electron chi connectivity index (χ3n) is 7.92. The minimum Gasteiger partial charge on any atom is -0.508 e. The number of anilines is 1. The van der Waals surface area contributed by atoms with Crippen LogP contribution in [0.1, 0.15) is 24.3 Å². The van der Waals surface area contributed by atoms with E-state index in [0.717, 1.165) is 4.90 Å². The summed E-state index contributed by atoms with van der Waals surface area (Å²) in [4.78, 5) is 65.6. The van der Waals surface area contributed by atoms with E-state index in [9.17, 15) is 34.4 Å². The second kappa shape index (κ2) is 9.10. The molecule has 9 nitrogen and oxygen atoms in total. The highest BCUT2D eigenvalue weighted by Crippen LogP contribution is 2.56. The number of Topliss-reactive ketones (excluding diaryl/α,β-unsaturated/α-hetero) is 1. The van der Waals surface area contributed by atoms with Gasteiger partial charge in [-0.15, -0.1) is 0 Å². The number of hydrogen-bond acceptors (Lipinski definition) is 7. The van der Waals surface area contributed by atoms with Gasteiger partial charge in [0.25, 0.3) is 5.69 Å². The summed E-state index contributed by atoms with van der Waals surface area (Å²) in [5.74, 6) is -4.69. The summed E-state index contributed by atoms with van der Waals surface area (Å²) in [5.41, 5.74) is 1.58. The number of phenolic OH excluding ortho intramolecular Hbond substituents is 1. The van der Waals surface area contributed by atoms with Gasteiger partial charge in [0.15, 0.2) is 11.6 Å². The first-order chi connectivity index (χ1) is 18.6. The van der Waals surface area contributed by atoms with Gasteiger partial charge in [0, 0.05) is 40.3 Å². The van der Waals surface area contributed by atoms with Crippen LogP contribution >= 0.6 is 27.5 Å². The van der Waals surface area contributed by atoms with Crippen molar-refractivity contribution in [2.45, 2.75) is 18.8 Å². The molecule has 0 bridgehead atoms. The number of carbonyl (C=O) groups excluding carboxylic acids is 4. The topological polar surface area (TPSA) is 135 Å². The lowest BCUT2D eigenvalue weighted by molar-refractivity contribution is -0.384. The number of rotatable bonds is 3. The summed E-state index contributed by atoms with van der Waals surface area (Å²) in [6.07, 6.45) is 3.35. The number of carbonyl (C=O) groups is 4. The molecule has 4 atom stereocenters. The van der Waals surface area contributed by atoms with Gasteiger partial charge in [-0.25, -0.2) is 4.90 Å². The van der Waals surface area contributed by atoms with Crippen LogP contribution in [0.3, 0.4) is 0 Å². The van der Waals surface area contributed by atoms with Crippen LogP contribution in [0.5, 0.6) is 5.75 Å². The number of allylic oxidation sites excluding steroid dienone is 6. The van der Waals surface area contributed by atoms with Crippen molar-refractivity contribution in [1.82, 2.24) is 0 Å². The maximum absolute atomic E-state index is 13.9. The van der Waals surface area contributed by atoms with E-state index in [-0.39, 0.29) is 62.2 Å². The van der Waals surface area contributed by atoms with Gasteiger partial charge in [-0.3, -0.25) is 29.3 Å². The second-order valence-electron chi connectivity index (χ2n) is 9.89. The summed E-state index contributed by atoms with van der Waals surface area (Å²) in [5, 5.41) is 21.4. The zero-order chi connectivity index (χ0) is 27.7. The Morgan fingerprint density at radius 3 is 2.54 bits per heavy atom. The van der Waals surface area contributed by atoms with E-state index in [2.05, 4.69) is 15.9 Å². The van der Waals surface area contributed by atoms with E-state index in [1.165, 1.54) is 42.5 Å². The Kier molecular flexibility index (Phi) is 5.92. The fraction of sp³-hybridized carbons (Fsp3) is 0.214. The van der Waals surface area contributed by atoms with Crippen LogP contribution in [0.15, 0.2) is 75.8 Å². The SMILES string of the molecule is O=C1C=C(Br)C(=O)C2=C1[C@@H](c1ccc(O)cc1Cl)C1=CC[C@@H]3C(=O)N(c4cccc([N+](=O)[O-])c4)C(=O)[C@@H]3[C@@H]1C2. The Labute approximate surface area is 234 Å². The third kappa shape index (κ3) is 3.81. The molecule has 39 heavy (non-hydrogen) atoms. The highest BCUT2D eigenvalue weighted by Gasteiger charge is 2.57. The number of ketones is 2. The van der Waals surface area contributed by atoms with Crippen LogP contribution in [0.4, 0.5) is 11.4 Å². The number of hydrogen-bond donors (Lipinski definition) is 1. The van der Waals surface area contributed by atoms with Crippen molar-refractivity contribution in [3.8, 4) is 5.75 Å². The first-order valence-corrected chi connectivity index (χ1v) is 13.3. The molecule has 2 amide bonds. The molecule has 1 heterocycles. The average Bonchev–Trinajstić information content (AvgIpc) is 3.16. The normalized spacial score (nSPS) is 26.2. The Bertz CT molecular complexity index is 1640. The smallest absolute Gasteiger partial charge is 0.271 e. The molecule has 1 fully saturated rings. The largest absolute Gasteiger partial charge is 0.508 e. The number of nitro benzene ring substituents is 1. The van der Waals surface area contributed by atoms with Crippen LogP contribution in [0, 0.1) is 27.9 Å². The number of phenols is 1. The van der Waals surface area contributed by atoms with Crippen LogP contribution in [0.2, 0.25) is 5.02 Å². The number of fused-ring (bicyclic) bond motifs is 3. The molecular formula is C28H18BrClN2O7. The molecule has 0 spiro atoms.